The number of benzene rings is 4. The van der Waals surface area contributed by atoms with Crippen LogP contribution in [-0.2, 0) is 54.0 Å². The van der Waals surface area contributed by atoms with Crippen LogP contribution in [0.25, 0.3) is 22.1 Å². The number of Topliss-reactive ketones (excluding diaryl/α,β-unsaturated/α-hetero) is 1. The van der Waals surface area contributed by atoms with Gasteiger partial charge in [0, 0.05) is 139 Å². The summed E-state index contributed by atoms with van der Waals surface area (Å²) in [5.74, 6) is 3.78. The third kappa shape index (κ3) is 29.7. The summed E-state index contributed by atoms with van der Waals surface area (Å²) in [5.41, 5.74) is 14.6. The number of nitrogen functional groups attached to an aromatic ring is 1. The van der Waals surface area contributed by atoms with E-state index in [-0.39, 0.29) is 85.2 Å². The number of para-hydroxylation sites is 7. The predicted octanol–water partition coefficient (Wildman–Crippen LogP) is 18.5. The Balaban J connectivity index is 0.000000137. The van der Waals surface area contributed by atoms with E-state index in [9.17, 15) is 38.4 Å². The van der Waals surface area contributed by atoms with E-state index in [2.05, 4.69) is 165 Å². The summed E-state index contributed by atoms with van der Waals surface area (Å²) in [5, 5.41) is 27.8. The predicted molar refractivity (Wildman–Crippen MR) is 564 cm³/mol. The molecule has 22 rings (SSSR count). The Morgan fingerprint density at radius 1 is 0.427 bits per heavy atom. The van der Waals surface area contributed by atoms with Gasteiger partial charge in [-0.25, -0.2) is 14.8 Å². The summed E-state index contributed by atoms with van der Waals surface area (Å²) in [4.78, 5) is 91.8. The largest absolute Gasteiger partial charge is 1.00 e. The number of hydrogen-bond acceptors (Lipinski definition) is 25. The molecule has 14 heterocycles. The maximum absolute atomic E-state index is 12.6. The quantitative estimate of drug-likeness (QED) is 0.00475. The van der Waals surface area contributed by atoms with Crippen molar-refractivity contribution in [2.45, 2.75) is 431 Å². The van der Waals surface area contributed by atoms with Gasteiger partial charge >= 0.3 is 58.6 Å². The topological polar surface area (TPSA) is 357 Å². The number of nitrogens with zero attached hydrogens (tertiary/aromatic N) is 9. The van der Waals surface area contributed by atoms with Gasteiger partial charge in [0.2, 0.25) is 18.0 Å². The van der Waals surface area contributed by atoms with Crippen molar-refractivity contribution in [3.05, 3.63) is 103 Å². The van der Waals surface area contributed by atoms with E-state index in [1.165, 1.54) is 268 Å². The number of halogens is 3. The Kier molecular flexibility index (Phi) is 41.3. The molecule has 33 heteroatoms. The van der Waals surface area contributed by atoms with Gasteiger partial charge in [0.05, 0.1) is 59.7 Å². The van der Waals surface area contributed by atoms with E-state index in [0.717, 1.165) is 142 Å². The molecule has 16 fully saturated rings. The van der Waals surface area contributed by atoms with Crippen molar-refractivity contribution in [3.8, 4) is 0 Å². The number of piperidine rings is 12. The summed E-state index contributed by atoms with van der Waals surface area (Å²) in [7, 11) is 0. The van der Waals surface area contributed by atoms with Crippen molar-refractivity contribution in [1.29, 1.82) is 0 Å². The number of aromatic nitrogens is 4. The summed E-state index contributed by atoms with van der Waals surface area (Å²) in [6, 6.07) is 46.6. The van der Waals surface area contributed by atoms with Crippen molar-refractivity contribution in [2.75, 3.05) is 66.5 Å². The number of esters is 3. The molecule has 4 aliphatic carbocycles. The molecule has 16 aliphatic rings. The normalized spacial score (nSPS) is 32.0. The molecule has 143 heavy (non-hydrogen) atoms. The van der Waals surface area contributed by atoms with Crippen LogP contribution in [-0.4, -0.2) is 233 Å². The number of carbonyl (C=O) groups excluding carboxylic acids is 5. The summed E-state index contributed by atoms with van der Waals surface area (Å²) in [6.45, 7) is 6.22. The van der Waals surface area contributed by atoms with E-state index in [1.54, 1.807) is 13.8 Å². The Hall–Kier alpha value is -6.43. The second kappa shape index (κ2) is 53.3. The summed E-state index contributed by atoms with van der Waals surface area (Å²) in [6.07, 6.45) is 59.2. The van der Waals surface area contributed by atoms with Crippen molar-refractivity contribution >= 4 is 126 Å². The number of imidazole rings is 2. The second-order valence-electron chi connectivity index (χ2n) is 44.3. The number of nitrogens with one attached hydrogen (secondary N) is 6. The van der Waals surface area contributed by atoms with E-state index in [4.69, 9.17) is 25.2 Å². The first-order valence-corrected chi connectivity index (χ1v) is 59.3. The number of fused-ring (bicyclic) bond motifs is 18. The number of carboxylic acid groups (broad SMARTS) is 1. The molecular weight excluding hydrogens is 1900 g/mol. The van der Waals surface area contributed by atoms with Crippen LogP contribution >= 0.6 is 38.9 Å². The van der Waals surface area contributed by atoms with Gasteiger partial charge < -0.3 is 71.6 Å². The Labute approximate surface area is 884 Å². The molecule has 0 spiro atoms. The number of rotatable bonds is 26. The SMILES string of the molecule is CCOC(=O)CCC(=O)Cc1ccccc1NC1C[C@H]2CCC[C@@H](C1)N2C1C[C@H]2CCC[C@@H](C1)C2.CCOC(=O)CN=C=O.CCOC(=O)CNc1nc2ccccc2n1C1C[C@H]2CCC[C@@H](C1)N2C1C[C@H]2CCC[C@@H](C1)N2.Nc1ccccc1NC1C[C@H]2CCC[C@@H](C1)N2C1C[C@H]2CCC[C@@H](C1)C2.O=C(O)CNc1nc2ccccc2n1C1C[C@H]2CCC[C@@H](C1)N2C1C[C@H]2CCC[C@@H](C1)N2.O=P(Cl)(Cl)Cl.[Na+].[OH-]. The van der Waals surface area contributed by atoms with Crippen molar-refractivity contribution in [2.24, 2.45) is 28.7 Å². The van der Waals surface area contributed by atoms with Gasteiger partial charge in [0.15, 0.2) is 0 Å². The fraction of sp³-hybridized carbons (Fsp3) is 0.709. The summed E-state index contributed by atoms with van der Waals surface area (Å²) < 4.78 is 28.8. The maximum atomic E-state index is 12.6. The molecule has 780 valence electrons. The van der Waals surface area contributed by atoms with Crippen LogP contribution in [0.5, 0.6) is 0 Å². The van der Waals surface area contributed by atoms with E-state index in [0.29, 0.717) is 92.6 Å². The van der Waals surface area contributed by atoms with Gasteiger partial charge in [-0.3, -0.25) is 48.1 Å². The molecule has 28 nitrogen and oxygen atoms in total. The van der Waals surface area contributed by atoms with Gasteiger partial charge in [-0.15, -0.1) is 0 Å². The number of ether oxygens (including phenoxy) is 3. The zero-order valence-corrected chi connectivity index (χ0v) is 90.5. The molecule has 0 amide bonds. The molecular formula is C110H161Cl3N16NaO12P. The zero-order chi connectivity index (χ0) is 98.0. The van der Waals surface area contributed by atoms with Crippen LogP contribution in [0, 0.1) is 23.7 Å². The van der Waals surface area contributed by atoms with Crippen LogP contribution in [0.2, 0.25) is 0 Å². The minimum absolute atomic E-state index is 0. The van der Waals surface area contributed by atoms with Gasteiger partial charge in [0.25, 0.3) is 0 Å². The molecule has 0 radical (unpaired) electrons. The van der Waals surface area contributed by atoms with Crippen molar-refractivity contribution < 1.29 is 87.7 Å². The molecule has 12 aliphatic heterocycles. The Bertz CT molecular complexity index is 5110. The number of anilines is 5. The molecule has 10 N–H and O–H groups in total. The number of isocyanates is 1. The third-order valence-electron chi connectivity index (χ3n) is 34.9. The molecule has 2 aromatic heterocycles. The van der Waals surface area contributed by atoms with E-state index >= 15 is 0 Å². The number of carbonyl (C=O) groups is 5. The molecule has 8 unspecified atom stereocenters. The number of hydrogen-bond donors (Lipinski definition) is 8. The minimum Gasteiger partial charge on any atom is -0.870 e. The van der Waals surface area contributed by atoms with Gasteiger partial charge in [-0.2, -0.15) is 4.99 Å². The van der Waals surface area contributed by atoms with Crippen molar-refractivity contribution in [3.63, 3.8) is 0 Å². The molecule has 24 atom stereocenters. The van der Waals surface area contributed by atoms with Gasteiger partial charge in [0.1, 0.15) is 25.4 Å². The zero-order valence-electron chi connectivity index (χ0n) is 85.3. The molecule has 4 aromatic carbocycles. The number of carboxylic acids is 1. The molecule has 4 saturated carbocycles. The van der Waals surface area contributed by atoms with E-state index < -0.39 is 17.1 Å². The monoisotopic (exact) mass is 2060 g/mol. The van der Waals surface area contributed by atoms with Crippen LogP contribution in [0.15, 0.2) is 102 Å². The van der Waals surface area contributed by atoms with Crippen LogP contribution < -0.4 is 67.2 Å². The average molecular weight is 2060 g/mol. The first-order valence-electron chi connectivity index (χ1n) is 54.9. The van der Waals surface area contributed by atoms with Crippen LogP contribution in [0.1, 0.15) is 321 Å². The fourth-order valence-electron chi connectivity index (χ4n) is 30.1. The number of aliphatic imine (C=N–C) groups is 1. The van der Waals surface area contributed by atoms with Crippen molar-refractivity contribution in [1.82, 2.24) is 49.3 Å². The molecule has 6 aromatic rings. The standard InChI is InChI=1S/C30H44N2O3.C27H39N5O2.C25H35N5O2.C23H35N3.C5H7NO3.Cl3OP.Na.H2O/c1-2-35-30(34)14-13-28(33)18-23-9-3-4-12-29(23)31-24-19-25-10-6-11-26(20-24)32(25)27-16-21-7-5-8-22(15-21)17-27;1-2-34-26(33)17-28-27-30-24-11-3-4-12-25(24)32(27)23-15-20-9-6-10-21(16-23)31(20)22-13-18-7-5-8-19(14-22)29-18;31-24(32)15-26-25-28-22-9-1-2-10-23(22)30(25)21-13-18-7-4-8-19(14-21)29(18)20-11-16-5-3-6-17(12-20)27-16;24-22-9-1-2-10-23(22)25-18-14-19-7-4-8-20(15-18)26(19)21-12-16-5-3-6-17(11-16)13-21;1-2-9-5(8)3-6-4-7;1-5(2,3)4;;/h3-4,9,12,21-22,24-27,31H,2,5-8,10-11,13-20H2,1H3;3-4,11-12,18-23,29H,2,5-10,13-17H2,1H3,(H,28,30);1-2,9-10,16-21,27H,3-8,11-15H2,(H,26,28)(H,31,32);1-2,9-10,16-21,25H,3-8,11-15,24H2;2-3H2,1H3;;;1H2/q;;;;;;+1;/p-1/t21-,22+,24?,25-,26+,27?;18-,19+,20-,21+,22?,23?;16-,17+,18-,19+,20?,21?;16-,17+,18?,19-,20+,21?;;;;. The van der Waals surface area contributed by atoms with Gasteiger partial charge in [-0.05, 0) is 319 Å². The third-order valence-corrected chi connectivity index (χ3v) is 34.9. The van der Waals surface area contributed by atoms with Gasteiger partial charge in [-0.1, -0.05) is 132 Å². The second-order valence-corrected chi connectivity index (χ2v) is 50.9. The first kappa shape index (κ1) is 111. The first-order chi connectivity index (χ1) is 68.5. The molecule has 12 saturated heterocycles. The Morgan fingerprint density at radius 3 is 1.17 bits per heavy atom. The smallest absolute Gasteiger partial charge is 0.870 e. The molecule has 16 bridgehead atoms. The number of ketones is 1. The van der Waals surface area contributed by atoms with Crippen LogP contribution in [0.3, 0.4) is 0 Å². The Morgan fingerprint density at radius 2 is 0.769 bits per heavy atom. The van der Waals surface area contributed by atoms with E-state index in [1.807, 2.05) is 43.3 Å². The minimum atomic E-state index is -3.22. The fourth-order valence-corrected chi connectivity index (χ4v) is 30.1. The van der Waals surface area contributed by atoms with Crippen LogP contribution in [0.4, 0.5) is 29.0 Å². The number of nitrogens with two attached hydrogens (primary N) is 1. The summed E-state index contributed by atoms with van der Waals surface area (Å²) >= 11 is 13.8. The average Bonchev–Trinajstić information content (AvgIpc) is 1.70. The number of aliphatic carboxylic acids is 1. The maximum Gasteiger partial charge on any atom is 1.00 e.